The molecule has 0 bridgehead atoms. The Kier molecular flexibility index (Phi) is 5.73. The molecular formula is C25H26N4O4. The summed E-state index contributed by atoms with van der Waals surface area (Å²) in [6.07, 6.45) is 2.99. The highest BCUT2D eigenvalue weighted by Gasteiger charge is 2.33. The lowest BCUT2D eigenvalue weighted by molar-refractivity contribution is -0.119. The van der Waals surface area contributed by atoms with Crippen molar-refractivity contribution in [3.05, 3.63) is 65.9 Å². The minimum Gasteiger partial charge on any atom is -0.492 e. The number of hydrogen-bond acceptors (Lipinski definition) is 5. The summed E-state index contributed by atoms with van der Waals surface area (Å²) in [6, 6.07) is 16.1. The minimum absolute atomic E-state index is 0.151. The number of rotatable bonds is 6. The average molecular weight is 447 g/mol. The Bertz CT molecular complexity index is 1170. The van der Waals surface area contributed by atoms with Gasteiger partial charge in [0, 0.05) is 43.3 Å². The van der Waals surface area contributed by atoms with Crippen LogP contribution in [0.4, 0.5) is 10.5 Å². The van der Waals surface area contributed by atoms with E-state index in [2.05, 4.69) is 35.8 Å². The smallest absolute Gasteiger partial charge is 0.414 e. The van der Waals surface area contributed by atoms with Crippen LogP contribution >= 0.6 is 0 Å². The van der Waals surface area contributed by atoms with Crippen LogP contribution < -0.4 is 15.0 Å². The molecule has 0 radical (unpaired) electrons. The molecule has 0 aliphatic carbocycles. The number of carbonyl (C=O) groups excluding carboxylic acids is 2. The van der Waals surface area contributed by atoms with Crippen molar-refractivity contribution in [2.75, 3.05) is 24.6 Å². The Balaban J connectivity index is 1.34. The van der Waals surface area contributed by atoms with E-state index in [-0.39, 0.29) is 12.0 Å². The van der Waals surface area contributed by atoms with E-state index < -0.39 is 6.09 Å². The van der Waals surface area contributed by atoms with Crippen molar-refractivity contribution in [2.45, 2.75) is 32.4 Å². The minimum atomic E-state index is -0.426. The molecule has 33 heavy (non-hydrogen) atoms. The Labute approximate surface area is 192 Å². The molecule has 3 heterocycles. The molecule has 5 rings (SSSR count). The zero-order valence-corrected chi connectivity index (χ0v) is 18.5. The van der Waals surface area contributed by atoms with Gasteiger partial charge in [-0.1, -0.05) is 30.3 Å². The van der Waals surface area contributed by atoms with Crippen LogP contribution in [0.3, 0.4) is 0 Å². The lowest BCUT2D eigenvalue weighted by atomic mass is 10.1. The van der Waals surface area contributed by atoms with E-state index >= 15 is 0 Å². The van der Waals surface area contributed by atoms with E-state index in [1.165, 1.54) is 12.5 Å². The molecule has 8 heteroatoms. The Morgan fingerprint density at radius 3 is 2.88 bits per heavy atom. The lowest BCUT2D eigenvalue weighted by Crippen LogP contribution is -2.33. The number of carbonyl (C=O) groups is 2. The molecule has 8 nitrogen and oxygen atoms in total. The number of benzene rings is 2. The summed E-state index contributed by atoms with van der Waals surface area (Å²) in [5.74, 6) is 0.555. The summed E-state index contributed by atoms with van der Waals surface area (Å²) in [6.45, 7) is 3.46. The first-order chi connectivity index (χ1) is 16.1. The quantitative estimate of drug-likeness (QED) is 0.629. The van der Waals surface area contributed by atoms with E-state index in [4.69, 9.17) is 14.6 Å². The van der Waals surface area contributed by atoms with E-state index in [1.54, 1.807) is 4.90 Å². The van der Waals surface area contributed by atoms with Gasteiger partial charge in [0.15, 0.2) is 0 Å². The zero-order chi connectivity index (χ0) is 22.8. The lowest BCUT2D eigenvalue weighted by Gasteiger charge is -2.16. The number of nitrogens with zero attached hydrogens (tertiary/aromatic N) is 3. The van der Waals surface area contributed by atoms with Crippen LogP contribution in [0.25, 0.3) is 11.3 Å². The average Bonchev–Trinajstić information content (AvgIpc) is 3.35. The van der Waals surface area contributed by atoms with Crippen molar-refractivity contribution in [3.8, 4) is 17.0 Å². The molecular weight excluding hydrogens is 420 g/mol. The van der Waals surface area contributed by atoms with Gasteiger partial charge in [0.25, 0.3) is 0 Å². The molecule has 170 valence electrons. The predicted molar refractivity (Wildman–Crippen MR) is 123 cm³/mol. The fraction of sp³-hybridized carbons (Fsp3) is 0.320. The van der Waals surface area contributed by atoms with Crippen molar-refractivity contribution in [3.63, 3.8) is 0 Å². The molecule has 2 aromatic carbocycles. The van der Waals surface area contributed by atoms with E-state index in [0.717, 1.165) is 36.2 Å². The Morgan fingerprint density at radius 1 is 1.21 bits per heavy atom. The normalized spacial score (nSPS) is 16.9. The summed E-state index contributed by atoms with van der Waals surface area (Å²) in [4.78, 5) is 25.1. The van der Waals surface area contributed by atoms with Gasteiger partial charge in [0.05, 0.1) is 31.1 Å². The maximum absolute atomic E-state index is 12.4. The van der Waals surface area contributed by atoms with Gasteiger partial charge < -0.3 is 14.8 Å². The van der Waals surface area contributed by atoms with Crippen LogP contribution in [0.5, 0.6) is 5.75 Å². The number of anilines is 1. The molecule has 1 atom stereocenters. The fourth-order valence-corrected chi connectivity index (χ4v) is 4.24. The van der Waals surface area contributed by atoms with Gasteiger partial charge in [-0.05, 0) is 24.1 Å². The molecule has 1 saturated heterocycles. The Morgan fingerprint density at radius 2 is 2.06 bits per heavy atom. The van der Waals surface area contributed by atoms with Gasteiger partial charge >= 0.3 is 6.09 Å². The van der Waals surface area contributed by atoms with Crippen LogP contribution in [0.1, 0.15) is 18.1 Å². The van der Waals surface area contributed by atoms with Crippen molar-refractivity contribution in [1.82, 2.24) is 15.1 Å². The summed E-state index contributed by atoms with van der Waals surface area (Å²) in [5.41, 5.74) is 4.99. The first-order valence-electron chi connectivity index (χ1n) is 11.2. The van der Waals surface area contributed by atoms with E-state index in [9.17, 15) is 9.59 Å². The van der Waals surface area contributed by atoms with E-state index in [0.29, 0.717) is 31.1 Å². The third-order valence-electron chi connectivity index (χ3n) is 5.92. The fourth-order valence-electron chi connectivity index (χ4n) is 4.24. The number of aryl methyl sites for hydroxylation is 2. The highest BCUT2D eigenvalue weighted by atomic mass is 16.6. The molecule has 2 aliphatic rings. The third kappa shape index (κ3) is 4.55. The molecule has 3 aromatic rings. The van der Waals surface area contributed by atoms with Gasteiger partial charge in [-0.2, -0.15) is 5.10 Å². The number of cyclic esters (lactones) is 1. The third-order valence-corrected chi connectivity index (χ3v) is 5.92. The van der Waals surface area contributed by atoms with Crippen LogP contribution in [-0.4, -0.2) is 47.6 Å². The van der Waals surface area contributed by atoms with Crippen LogP contribution in [0, 0.1) is 0 Å². The molecule has 2 aliphatic heterocycles. The van der Waals surface area contributed by atoms with Crippen LogP contribution in [0.15, 0.2) is 54.7 Å². The standard InChI is InChI=1S/C25H26N4O4/c1-17(30)26-14-21-16-29(25(31)33-21)20-7-8-22-23(13-20)32-12-10-19-15-28(27-24(19)22)11-9-18-5-3-2-4-6-18/h2-8,13,15,21H,9-12,14,16H2,1H3,(H,26,30)/t21-/m0/s1. The SMILES string of the molecule is CC(=O)NC[C@H]1CN(c2ccc3c(c2)OCCc2cn(CCc4ccccc4)nc2-3)C(=O)O1. The highest BCUT2D eigenvalue weighted by Crippen LogP contribution is 2.38. The van der Waals surface area contributed by atoms with Crippen LogP contribution in [-0.2, 0) is 28.9 Å². The molecule has 2 amide bonds. The predicted octanol–water partition coefficient (Wildman–Crippen LogP) is 3.19. The van der Waals surface area contributed by atoms with Crippen molar-refractivity contribution in [2.24, 2.45) is 0 Å². The summed E-state index contributed by atoms with van der Waals surface area (Å²) < 4.78 is 13.4. The molecule has 0 unspecified atom stereocenters. The largest absolute Gasteiger partial charge is 0.492 e. The number of fused-ring (bicyclic) bond motifs is 3. The second-order valence-electron chi connectivity index (χ2n) is 8.33. The first-order valence-corrected chi connectivity index (χ1v) is 11.2. The van der Waals surface area contributed by atoms with Crippen molar-refractivity contribution < 1.29 is 19.1 Å². The molecule has 0 saturated carbocycles. The second-order valence-corrected chi connectivity index (χ2v) is 8.33. The second kappa shape index (κ2) is 8.97. The van der Waals surface area contributed by atoms with Gasteiger partial charge in [-0.25, -0.2) is 4.79 Å². The summed E-state index contributed by atoms with van der Waals surface area (Å²) >= 11 is 0. The Hall–Kier alpha value is -3.81. The van der Waals surface area contributed by atoms with Crippen molar-refractivity contribution in [1.29, 1.82) is 0 Å². The number of ether oxygens (including phenoxy) is 2. The zero-order valence-electron chi connectivity index (χ0n) is 18.5. The number of aromatic nitrogens is 2. The maximum Gasteiger partial charge on any atom is 0.414 e. The van der Waals surface area contributed by atoms with Gasteiger partial charge in [0.1, 0.15) is 11.9 Å². The van der Waals surface area contributed by atoms with Gasteiger partial charge in [0.2, 0.25) is 5.91 Å². The number of hydrogen-bond donors (Lipinski definition) is 1. The number of nitrogens with one attached hydrogen (secondary N) is 1. The monoisotopic (exact) mass is 446 g/mol. The van der Waals surface area contributed by atoms with E-state index in [1.807, 2.05) is 28.9 Å². The maximum atomic E-state index is 12.4. The molecule has 1 aromatic heterocycles. The highest BCUT2D eigenvalue weighted by molar-refractivity contribution is 5.91. The number of amides is 2. The molecule has 1 N–H and O–H groups in total. The van der Waals surface area contributed by atoms with Crippen LogP contribution in [0.2, 0.25) is 0 Å². The molecule has 0 spiro atoms. The first kappa shape index (κ1) is 21.1. The molecule has 1 fully saturated rings. The topological polar surface area (TPSA) is 85.7 Å². The summed E-state index contributed by atoms with van der Waals surface area (Å²) in [7, 11) is 0. The van der Waals surface area contributed by atoms with Gasteiger partial charge in [-0.15, -0.1) is 0 Å². The van der Waals surface area contributed by atoms with Gasteiger partial charge in [-0.3, -0.25) is 14.4 Å². The summed E-state index contributed by atoms with van der Waals surface area (Å²) in [5, 5.41) is 7.55. The van der Waals surface area contributed by atoms with Crippen molar-refractivity contribution >= 4 is 17.7 Å².